The van der Waals surface area contributed by atoms with Gasteiger partial charge in [-0.25, -0.2) is 13.8 Å². The van der Waals surface area contributed by atoms with Crippen LogP contribution in [-0.2, 0) is 4.79 Å². The van der Waals surface area contributed by atoms with Gasteiger partial charge in [-0.15, -0.1) is 0 Å². The molecular formula is C28H27ClF2N4O. The predicted molar refractivity (Wildman–Crippen MR) is 140 cm³/mol. The first kappa shape index (κ1) is 24.4. The smallest absolute Gasteiger partial charge is 0.273 e. The third-order valence-corrected chi connectivity index (χ3v) is 7.32. The SMILES string of the molecule is O=C1N=CN(c2ccc(Cl)cc2)C12CCN(CCCN(c1ccc(F)cc1)c1ccc(F)cc1)CC2. The maximum absolute atomic E-state index is 13.5. The Morgan fingerprint density at radius 1 is 0.861 bits per heavy atom. The molecule has 0 aromatic heterocycles. The van der Waals surface area contributed by atoms with Gasteiger partial charge in [-0.1, -0.05) is 11.6 Å². The molecule has 0 saturated carbocycles. The van der Waals surface area contributed by atoms with Crippen LogP contribution in [0.25, 0.3) is 0 Å². The van der Waals surface area contributed by atoms with Crippen LogP contribution in [0.2, 0.25) is 5.02 Å². The third kappa shape index (κ3) is 4.99. The van der Waals surface area contributed by atoms with Gasteiger partial charge in [0.25, 0.3) is 5.91 Å². The van der Waals surface area contributed by atoms with Gasteiger partial charge >= 0.3 is 0 Å². The van der Waals surface area contributed by atoms with Crippen LogP contribution in [0.15, 0.2) is 77.8 Å². The molecule has 0 aliphatic carbocycles. The van der Waals surface area contributed by atoms with E-state index in [1.54, 1.807) is 30.6 Å². The highest BCUT2D eigenvalue weighted by molar-refractivity contribution is 6.30. The van der Waals surface area contributed by atoms with Gasteiger partial charge in [0.15, 0.2) is 0 Å². The number of piperidine rings is 1. The van der Waals surface area contributed by atoms with Crippen molar-refractivity contribution in [2.75, 3.05) is 36.0 Å². The number of carbonyl (C=O) groups is 1. The number of hydrogen-bond acceptors (Lipinski definition) is 4. The van der Waals surface area contributed by atoms with Crippen molar-refractivity contribution in [1.82, 2.24) is 4.90 Å². The zero-order valence-corrected chi connectivity index (χ0v) is 20.5. The fourth-order valence-electron chi connectivity index (χ4n) is 5.06. The maximum atomic E-state index is 13.5. The molecule has 0 atom stereocenters. The summed E-state index contributed by atoms with van der Waals surface area (Å²) in [7, 11) is 0. The molecule has 0 bridgehead atoms. The van der Waals surface area contributed by atoms with Crippen LogP contribution >= 0.6 is 11.6 Å². The van der Waals surface area contributed by atoms with Gasteiger partial charge in [0.2, 0.25) is 0 Å². The Kier molecular flexibility index (Phi) is 7.03. The fraction of sp³-hybridized carbons (Fsp3) is 0.286. The normalized spacial score (nSPS) is 17.2. The Morgan fingerprint density at radius 3 is 1.97 bits per heavy atom. The third-order valence-electron chi connectivity index (χ3n) is 7.07. The number of rotatable bonds is 7. The van der Waals surface area contributed by atoms with E-state index in [4.69, 9.17) is 11.6 Å². The van der Waals surface area contributed by atoms with Gasteiger partial charge in [-0.3, -0.25) is 4.79 Å². The average molecular weight is 509 g/mol. The number of benzene rings is 3. The number of anilines is 3. The van der Waals surface area contributed by atoms with E-state index in [2.05, 4.69) is 14.8 Å². The summed E-state index contributed by atoms with van der Waals surface area (Å²) >= 11 is 6.04. The van der Waals surface area contributed by atoms with E-state index in [1.807, 2.05) is 29.2 Å². The minimum absolute atomic E-state index is 0.0871. The lowest BCUT2D eigenvalue weighted by Crippen LogP contribution is -2.56. The van der Waals surface area contributed by atoms with Gasteiger partial charge < -0.3 is 14.7 Å². The Bertz CT molecular complexity index is 1180. The summed E-state index contributed by atoms with van der Waals surface area (Å²) in [6.45, 7) is 3.11. The summed E-state index contributed by atoms with van der Waals surface area (Å²) < 4.78 is 27.0. The minimum Gasteiger partial charge on any atom is -0.341 e. The summed E-state index contributed by atoms with van der Waals surface area (Å²) in [5, 5.41) is 0.653. The van der Waals surface area contributed by atoms with Crippen molar-refractivity contribution >= 4 is 40.9 Å². The van der Waals surface area contributed by atoms with Crippen molar-refractivity contribution in [3.63, 3.8) is 0 Å². The summed E-state index contributed by atoms with van der Waals surface area (Å²) in [6.07, 6.45) is 3.87. The first-order valence-corrected chi connectivity index (χ1v) is 12.5. The first-order chi connectivity index (χ1) is 17.4. The van der Waals surface area contributed by atoms with Crippen molar-refractivity contribution in [1.29, 1.82) is 0 Å². The van der Waals surface area contributed by atoms with E-state index >= 15 is 0 Å². The number of aliphatic imine (C=N–C) groups is 1. The van der Waals surface area contributed by atoms with Crippen LogP contribution in [0.1, 0.15) is 19.3 Å². The maximum Gasteiger partial charge on any atom is 0.273 e. The van der Waals surface area contributed by atoms with Gasteiger partial charge in [0, 0.05) is 41.7 Å². The second kappa shape index (κ2) is 10.4. The van der Waals surface area contributed by atoms with Crippen molar-refractivity contribution in [3.05, 3.63) is 89.5 Å². The second-order valence-electron chi connectivity index (χ2n) is 9.23. The summed E-state index contributed by atoms with van der Waals surface area (Å²) in [5.74, 6) is -0.674. The molecule has 1 fully saturated rings. The molecule has 0 N–H and O–H groups in total. The lowest BCUT2D eigenvalue weighted by Gasteiger charge is -2.43. The molecule has 3 aromatic rings. The minimum atomic E-state index is -0.640. The van der Waals surface area contributed by atoms with E-state index in [0.29, 0.717) is 24.4 Å². The van der Waals surface area contributed by atoms with Crippen LogP contribution in [-0.4, -0.2) is 48.9 Å². The molecular weight excluding hydrogens is 482 g/mol. The van der Waals surface area contributed by atoms with Crippen molar-refractivity contribution in [2.24, 2.45) is 4.99 Å². The predicted octanol–water partition coefficient (Wildman–Crippen LogP) is 6.06. The molecule has 2 aliphatic heterocycles. The molecule has 0 unspecified atom stereocenters. The molecule has 2 aliphatic rings. The topological polar surface area (TPSA) is 39.2 Å². The number of nitrogens with zero attached hydrogens (tertiary/aromatic N) is 4. The number of halogens is 3. The van der Waals surface area contributed by atoms with Gasteiger partial charge in [-0.2, -0.15) is 0 Å². The van der Waals surface area contributed by atoms with Crippen LogP contribution in [0.3, 0.4) is 0 Å². The quantitative estimate of drug-likeness (QED) is 0.389. The monoisotopic (exact) mass is 508 g/mol. The lowest BCUT2D eigenvalue weighted by atomic mass is 9.85. The zero-order valence-electron chi connectivity index (χ0n) is 19.8. The molecule has 3 aromatic carbocycles. The lowest BCUT2D eigenvalue weighted by molar-refractivity contribution is -0.123. The Hall–Kier alpha value is -3.29. The number of carbonyl (C=O) groups excluding carboxylic acids is 1. The molecule has 1 spiro atoms. The van der Waals surface area contributed by atoms with E-state index in [9.17, 15) is 13.6 Å². The van der Waals surface area contributed by atoms with E-state index in [-0.39, 0.29) is 17.5 Å². The zero-order chi connectivity index (χ0) is 25.1. The van der Waals surface area contributed by atoms with Crippen LogP contribution in [0.5, 0.6) is 0 Å². The Morgan fingerprint density at radius 2 is 1.42 bits per heavy atom. The largest absolute Gasteiger partial charge is 0.341 e. The van der Waals surface area contributed by atoms with Crippen molar-refractivity contribution in [3.8, 4) is 0 Å². The molecule has 186 valence electrons. The van der Waals surface area contributed by atoms with Gasteiger partial charge in [-0.05, 0) is 98.6 Å². The standard InChI is InChI=1S/C28H27ClF2N4O/c29-21-2-8-26(9-3-21)35-20-32-27(36)28(35)14-18-33(19-15-28)16-1-17-34(24-10-4-22(30)5-11-24)25-12-6-23(31)7-13-25/h2-13,20H,1,14-19H2. The Balaban J connectivity index is 1.22. The highest BCUT2D eigenvalue weighted by atomic mass is 35.5. The molecule has 2 heterocycles. The molecule has 36 heavy (non-hydrogen) atoms. The molecule has 5 rings (SSSR count). The first-order valence-electron chi connectivity index (χ1n) is 12.1. The van der Waals surface area contributed by atoms with E-state index in [1.165, 1.54) is 24.3 Å². The molecule has 5 nitrogen and oxygen atoms in total. The summed E-state index contributed by atoms with van der Waals surface area (Å²) in [5.41, 5.74) is 1.98. The van der Waals surface area contributed by atoms with Crippen molar-refractivity contribution < 1.29 is 13.6 Å². The van der Waals surface area contributed by atoms with Crippen LogP contribution in [0, 0.1) is 11.6 Å². The summed E-state index contributed by atoms with van der Waals surface area (Å²) in [6, 6.07) is 20.2. The van der Waals surface area contributed by atoms with Crippen LogP contribution < -0.4 is 9.80 Å². The van der Waals surface area contributed by atoms with Crippen LogP contribution in [0.4, 0.5) is 25.8 Å². The fourth-order valence-corrected chi connectivity index (χ4v) is 5.19. The molecule has 8 heteroatoms. The van der Waals surface area contributed by atoms with E-state index < -0.39 is 5.54 Å². The number of hydrogen-bond donors (Lipinski definition) is 0. The second-order valence-corrected chi connectivity index (χ2v) is 9.66. The number of amides is 1. The highest BCUT2D eigenvalue weighted by Crippen LogP contribution is 2.37. The molecule has 1 amide bonds. The van der Waals surface area contributed by atoms with Gasteiger partial charge in [0.1, 0.15) is 17.2 Å². The number of likely N-dealkylation sites (tertiary alicyclic amines) is 1. The van der Waals surface area contributed by atoms with Gasteiger partial charge in [0.05, 0.1) is 6.34 Å². The van der Waals surface area contributed by atoms with E-state index in [0.717, 1.165) is 43.1 Å². The van der Waals surface area contributed by atoms with Crippen molar-refractivity contribution in [2.45, 2.75) is 24.8 Å². The Labute approximate surface area is 214 Å². The highest BCUT2D eigenvalue weighted by Gasteiger charge is 2.49. The summed E-state index contributed by atoms with van der Waals surface area (Å²) in [4.78, 5) is 23.4. The average Bonchev–Trinajstić information content (AvgIpc) is 3.20. The molecule has 0 radical (unpaired) electrons. The molecule has 1 saturated heterocycles.